The highest BCUT2D eigenvalue weighted by molar-refractivity contribution is 6.27. The van der Waals surface area contributed by atoms with Gasteiger partial charge in [0, 0.05) is 0 Å². The predicted octanol–water partition coefficient (Wildman–Crippen LogP) is 2.84. The summed E-state index contributed by atoms with van der Waals surface area (Å²) < 4.78 is 0. The van der Waals surface area contributed by atoms with Gasteiger partial charge >= 0.3 is 0 Å². The number of nitriles is 1. The molecule has 4 heteroatoms. The van der Waals surface area contributed by atoms with Gasteiger partial charge in [-0.2, -0.15) is 5.26 Å². The molecule has 0 atom stereocenters. The summed E-state index contributed by atoms with van der Waals surface area (Å²) in [4.78, 5) is 11.3. The maximum atomic E-state index is 11.3. The van der Waals surface area contributed by atoms with Crippen LogP contribution in [0.3, 0.4) is 0 Å². The fourth-order valence-electron chi connectivity index (χ4n) is 2.54. The van der Waals surface area contributed by atoms with Gasteiger partial charge in [0.2, 0.25) is 5.91 Å². The van der Waals surface area contributed by atoms with Crippen molar-refractivity contribution in [1.82, 2.24) is 5.32 Å². The zero-order valence-electron chi connectivity index (χ0n) is 10.8. The Labute approximate surface area is 109 Å². The van der Waals surface area contributed by atoms with E-state index in [0.717, 1.165) is 25.7 Å². The average Bonchev–Trinajstić information content (AvgIpc) is 2.28. The van der Waals surface area contributed by atoms with Crippen molar-refractivity contribution in [2.24, 2.45) is 11.3 Å². The molecule has 0 aliphatic heterocycles. The lowest BCUT2D eigenvalue weighted by Crippen LogP contribution is -2.51. The van der Waals surface area contributed by atoms with Gasteiger partial charge in [-0.3, -0.25) is 4.79 Å². The topological polar surface area (TPSA) is 52.9 Å². The van der Waals surface area contributed by atoms with Crippen molar-refractivity contribution >= 4 is 17.5 Å². The maximum Gasteiger partial charge on any atom is 0.236 e. The van der Waals surface area contributed by atoms with Crippen LogP contribution in [0.1, 0.15) is 46.5 Å². The van der Waals surface area contributed by atoms with E-state index in [-0.39, 0.29) is 17.2 Å². The van der Waals surface area contributed by atoms with E-state index in [4.69, 9.17) is 11.6 Å². The lowest BCUT2D eigenvalue weighted by atomic mass is 9.67. The summed E-state index contributed by atoms with van der Waals surface area (Å²) in [5, 5.41) is 12.0. The van der Waals surface area contributed by atoms with Crippen LogP contribution in [0, 0.1) is 22.7 Å². The first-order valence-electron chi connectivity index (χ1n) is 6.11. The highest BCUT2D eigenvalue weighted by Gasteiger charge is 2.39. The minimum absolute atomic E-state index is 0.0773. The quantitative estimate of drug-likeness (QED) is 0.773. The first-order valence-corrected chi connectivity index (χ1v) is 6.65. The number of alkyl halides is 1. The second-order valence-corrected chi connectivity index (χ2v) is 6.28. The van der Waals surface area contributed by atoms with Crippen LogP contribution in [0.5, 0.6) is 0 Å². The summed E-state index contributed by atoms with van der Waals surface area (Å²) in [6.07, 6.45) is 3.43. The van der Waals surface area contributed by atoms with Crippen LogP contribution in [0.4, 0.5) is 0 Å². The molecule has 17 heavy (non-hydrogen) atoms. The van der Waals surface area contributed by atoms with Gasteiger partial charge in [0.15, 0.2) is 0 Å². The zero-order valence-corrected chi connectivity index (χ0v) is 11.6. The molecular weight excluding hydrogens is 236 g/mol. The van der Waals surface area contributed by atoms with E-state index in [1.165, 1.54) is 0 Å². The second-order valence-electron chi connectivity index (χ2n) is 6.02. The molecule has 0 radical (unpaired) electrons. The monoisotopic (exact) mass is 256 g/mol. The van der Waals surface area contributed by atoms with E-state index < -0.39 is 5.54 Å². The molecule has 0 unspecified atom stereocenters. The van der Waals surface area contributed by atoms with Crippen LogP contribution < -0.4 is 5.32 Å². The lowest BCUT2D eigenvalue weighted by Gasteiger charge is -2.40. The van der Waals surface area contributed by atoms with Gasteiger partial charge in [-0.05, 0) is 37.0 Å². The number of carbonyl (C=O) groups excluding carboxylic acids is 1. The molecule has 0 spiro atoms. The van der Waals surface area contributed by atoms with Gasteiger partial charge in [0.25, 0.3) is 0 Å². The average molecular weight is 257 g/mol. The minimum Gasteiger partial charge on any atom is -0.337 e. The van der Waals surface area contributed by atoms with Crippen LogP contribution >= 0.6 is 11.6 Å². The summed E-state index contributed by atoms with van der Waals surface area (Å²) in [5.41, 5.74) is -0.411. The Morgan fingerprint density at radius 2 is 2.00 bits per heavy atom. The Balaban J connectivity index is 2.64. The van der Waals surface area contributed by atoms with Crippen molar-refractivity contribution in [3.05, 3.63) is 0 Å². The fourth-order valence-corrected chi connectivity index (χ4v) is 2.61. The van der Waals surface area contributed by atoms with Crippen LogP contribution in [0.25, 0.3) is 0 Å². The summed E-state index contributed by atoms with van der Waals surface area (Å²) in [6, 6.07) is 2.26. The maximum absolute atomic E-state index is 11.3. The van der Waals surface area contributed by atoms with Crippen molar-refractivity contribution in [1.29, 1.82) is 5.26 Å². The molecule has 0 aromatic heterocycles. The number of hydrogen-bond donors (Lipinski definition) is 1. The van der Waals surface area contributed by atoms with Gasteiger partial charge in [-0.25, -0.2) is 0 Å². The Hall–Kier alpha value is -0.750. The second kappa shape index (κ2) is 5.27. The van der Waals surface area contributed by atoms with E-state index in [1.807, 2.05) is 0 Å². The molecule has 96 valence electrons. The van der Waals surface area contributed by atoms with Crippen molar-refractivity contribution in [3.63, 3.8) is 0 Å². The highest BCUT2D eigenvalue weighted by atomic mass is 35.5. The predicted molar refractivity (Wildman–Crippen MR) is 68.6 cm³/mol. The first-order chi connectivity index (χ1) is 7.83. The smallest absolute Gasteiger partial charge is 0.236 e. The lowest BCUT2D eigenvalue weighted by molar-refractivity contribution is -0.120. The summed E-state index contributed by atoms with van der Waals surface area (Å²) in [5.74, 6) is 0.297. The molecule has 1 rings (SSSR count). The Morgan fingerprint density at radius 1 is 1.47 bits per heavy atom. The summed E-state index contributed by atoms with van der Waals surface area (Å²) >= 11 is 5.47. The molecule has 0 aromatic carbocycles. The van der Waals surface area contributed by atoms with Crippen molar-refractivity contribution < 1.29 is 4.79 Å². The van der Waals surface area contributed by atoms with Crippen molar-refractivity contribution in [3.8, 4) is 6.07 Å². The normalized spacial score (nSPS) is 29.5. The fraction of sp³-hybridized carbons (Fsp3) is 0.846. The number of carbonyl (C=O) groups is 1. The van der Waals surface area contributed by atoms with Gasteiger partial charge in [-0.1, -0.05) is 20.8 Å². The standard InChI is InChI=1S/C13H21ClN2O/c1-12(2,3)10-4-6-13(9-15,7-5-10)16-11(17)8-14/h10H,4-8H2,1-3H3,(H,16,17). The first kappa shape index (κ1) is 14.3. The van der Waals surface area contributed by atoms with E-state index in [1.54, 1.807) is 0 Å². The van der Waals surface area contributed by atoms with Gasteiger partial charge in [-0.15, -0.1) is 11.6 Å². The minimum atomic E-state index is -0.687. The molecule has 1 fully saturated rings. The van der Waals surface area contributed by atoms with Crippen LogP contribution in [0.2, 0.25) is 0 Å². The van der Waals surface area contributed by atoms with E-state index >= 15 is 0 Å². The molecule has 0 heterocycles. The SMILES string of the molecule is CC(C)(C)C1CCC(C#N)(NC(=O)CCl)CC1. The molecule has 1 saturated carbocycles. The summed E-state index contributed by atoms with van der Waals surface area (Å²) in [6.45, 7) is 6.69. The number of nitrogens with one attached hydrogen (secondary N) is 1. The van der Waals surface area contributed by atoms with E-state index in [2.05, 4.69) is 32.2 Å². The van der Waals surface area contributed by atoms with E-state index in [9.17, 15) is 10.1 Å². The zero-order chi connectivity index (χ0) is 13.1. The molecule has 1 aliphatic carbocycles. The number of halogens is 1. The number of amides is 1. The molecule has 0 aromatic rings. The van der Waals surface area contributed by atoms with Gasteiger partial charge in [0.1, 0.15) is 11.4 Å². The third-order valence-corrected chi connectivity index (χ3v) is 4.02. The molecule has 1 aliphatic rings. The number of rotatable bonds is 2. The van der Waals surface area contributed by atoms with Crippen LogP contribution in [-0.2, 0) is 4.79 Å². The van der Waals surface area contributed by atoms with Crippen LogP contribution in [-0.4, -0.2) is 17.3 Å². The third-order valence-electron chi connectivity index (χ3n) is 3.78. The van der Waals surface area contributed by atoms with Gasteiger partial charge in [0.05, 0.1) is 6.07 Å². The Kier molecular flexibility index (Phi) is 4.43. The Bertz CT molecular complexity index is 319. The van der Waals surface area contributed by atoms with Crippen molar-refractivity contribution in [2.75, 3.05) is 5.88 Å². The summed E-state index contributed by atoms with van der Waals surface area (Å²) in [7, 11) is 0. The molecular formula is C13H21ClN2O. The largest absolute Gasteiger partial charge is 0.337 e. The van der Waals surface area contributed by atoms with Crippen molar-refractivity contribution in [2.45, 2.75) is 52.0 Å². The Morgan fingerprint density at radius 3 is 2.35 bits per heavy atom. The molecule has 0 saturated heterocycles. The number of nitrogens with zero attached hydrogens (tertiary/aromatic N) is 1. The molecule has 1 amide bonds. The van der Waals surface area contributed by atoms with E-state index in [0.29, 0.717) is 5.92 Å². The van der Waals surface area contributed by atoms with Crippen LogP contribution in [0.15, 0.2) is 0 Å². The van der Waals surface area contributed by atoms with Gasteiger partial charge < -0.3 is 5.32 Å². The molecule has 0 bridgehead atoms. The molecule has 1 N–H and O–H groups in total. The molecule has 3 nitrogen and oxygen atoms in total. The third kappa shape index (κ3) is 3.61. The highest BCUT2D eigenvalue weighted by Crippen LogP contribution is 2.41. The number of hydrogen-bond acceptors (Lipinski definition) is 2.